The van der Waals surface area contributed by atoms with E-state index in [1.807, 2.05) is 5.32 Å². The predicted octanol–water partition coefficient (Wildman–Crippen LogP) is 2.53. The van der Waals surface area contributed by atoms with Crippen LogP contribution in [-0.4, -0.2) is 63.5 Å². The Bertz CT molecular complexity index is 1170. The Morgan fingerprint density at radius 3 is 2.43 bits per heavy atom. The summed E-state index contributed by atoms with van der Waals surface area (Å²) in [6, 6.07) is -2.29. The molecule has 3 heterocycles. The molecule has 35 heavy (non-hydrogen) atoms. The number of aryl methyl sites for hydroxylation is 1. The number of nitrogens with one attached hydrogen (secondary N) is 2. The van der Waals surface area contributed by atoms with Crippen molar-refractivity contribution in [1.82, 2.24) is 19.4 Å². The van der Waals surface area contributed by atoms with Gasteiger partial charge in [0.15, 0.2) is 5.82 Å². The number of rotatable bonds is 4. The Morgan fingerprint density at radius 2 is 1.89 bits per heavy atom. The molecule has 190 valence electrons. The topological polar surface area (TPSA) is 112 Å². The molecule has 0 radical (unpaired) electrons. The van der Waals surface area contributed by atoms with E-state index in [9.17, 15) is 36.3 Å². The minimum absolute atomic E-state index is 0.0668. The van der Waals surface area contributed by atoms with E-state index < -0.39 is 47.5 Å². The number of urea groups is 1. The van der Waals surface area contributed by atoms with Crippen LogP contribution in [-0.2, 0) is 18.0 Å². The summed E-state index contributed by atoms with van der Waals surface area (Å²) in [5.74, 6) is -3.51. The first-order valence-corrected chi connectivity index (χ1v) is 10.2. The van der Waals surface area contributed by atoms with Crippen LogP contribution < -0.4 is 21.1 Å². The Balaban J connectivity index is 1.72. The molecule has 1 fully saturated rings. The van der Waals surface area contributed by atoms with E-state index in [1.54, 1.807) is 0 Å². The fourth-order valence-corrected chi connectivity index (χ4v) is 3.63. The van der Waals surface area contributed by atoms with E-state index in [-0.39, 0.29) is 30.5 Å². The molecule has 1 saturated heterocycles. The average molecular weight is 503 g/mol. The lowest BCUT2D eigenvalue weighted by Gasteiger charge is -2.42. The van der Waals surface area contributed by atoms with Crippen LogP contribution in [0.5, 0.6) is 0 Å². The minimum Gasteiger partial charge on any atom is -0.349 e. The van der Waals surface area contributed by atoms with Gasteiger partial charge in [0.05, 0.1) is 24.5 Å². The van der Waals surface area contributed by atoms with Gasteiger partial charge in [-0.3, -0.25) is 9.59 Å². The number of alkyl halides is 5. The van der Waals surface area contributed by atoms with Gasteiger partial charge in [-0.05, 0) is 12.5 Å². The summed E-state index contributed by atoms with van der Waals surface area (Å²) in [6.07, 6.45) is -1.97. The fraction of sp³-hybridized carbons (Fsp3) is 0.450. The second-order valence-electron chi connectivity index (χ2n) is 8.03. The summed E-state index contributed by atoms with van der Waals surface area (Å²) in [5, 5.41) is 4.42. The van der Waals surface area contributed by atoms with Crippen molar-refractivity contribution in [3.8, 4) is 0 Å². The molecule has 1 aliphatic heterocycles. The second-order valence-corrected chi connectivity index (χ2v) is 8.03. The molecule has 2 aromatic rings. The van der Waals surface area contributed by atoms with Crippen molar-refractivity contribution < 1.29 is 31.5 Å². The molecular weight excluding hydrogens is 481 g/mol. The van der Waals surface area contributed by atoms with Gasteiger partial charge in [-0.1, -0.05) is 0 Å². The summed E-state index contributed by atoms with van der Waals surface area (Å²) < 4.78 is 69.8. The highest BCUT2D eigenvalue weighted by atomic mass is 19.4. The van der Waals surface area contributed by atoms with Gasteiger partial charge in [0.2, 0.25) is 5.91 Å². The van der Waals surface area contributed by atoms with Crippen LogP contribution >= 0.6 is 0 Å². The van der Waals surface area contributed by atoms with E-state index in [0.29, 0.717) is 21.7 Å². The second kappa shape index (κ2) is 9.46. The number of halogens is 5. The van der Waals surface area contributed by atoms with Crippen molar-refractivity contribution in [2.75, 3.05) is 35.7 Å². The van der Waals surface area contributed by atoms with Gasteiger partial charge >= 0.3 is 12.2 Å². The zero-order valence-corrected chi connectivity index (χ0v) is 18.9. The van der Waals surface area contributed by atoms with Crippen molar-refractivity contribution in [2.24, 2.45) is 7.05 Å². The minimum atomic E-state index is -4.78. The number of hydrogen-bond donors (Lipinski definition) is 2. The number of carbonyl (C=O) groups excluding carboxylic acids is 2. The number of anilines is 3. The summed E-state index contributed by atoms with van der Waals surface area (Å²) in [5.41, 5.74) is -2.79. The molecule has 1 aliphatic rings. The Hall–Kier alpha value is -3.78. The van der Waals surface area contributed by atoms with Crippen LogP contribution in [0.4, 0.5) is 44.1 Å². The van der Waals surface area contributed by atoms with Crippen LogP contribution in [0.3, 0.4) is 0 Å². The zero-order chi connectivity index (χ0) is 26.1. The molecule has 1 unspecified atom stereocenters. The number of amides is 3. The molecule has 0 saturated carbocycles. The van der Waals surface area contributed by atoms with Gasteiger partial charge in [-0.25, -0.2) is 23.5 Å². The molecule has 0 aromatic carbocycles. The van der Waals surface area contributed by atoms with Crippen LogP contribution in [0.15, 0.2) is 29.5 Å². The average Bonchev–Trinajstić information content (AvgIpc) is 2.75. The molecule has 10 nitrogen and oxygen atoms in total. The lowest BCUT2D eigenvalue weighted by molar-refractivity contribution is -0.138. The van der Waals surface area contributed by atoms with Crippen molar-refractivity contribution in [3.63, 3.8) is 0 Å². The van der Waals surface area contributed by atoms with Gasteiger partial charge in [-0.2, -0.15) is 13.2 Å². The number of hydrogen-bond acceptors (Lipinski definition) is 6. The summed E-state index contributed by atoms with van der Waals surface area (Å²) >= 11 is 0. The molecule has 1 atom stereocenters. The van der Waals surface area contributed by atoms with Gasteiger partial charge < -0.3 is 25.0 Å². The number of carbonyl (C=O) groups is 2. The first kappa shape index (κ1) is 25.8. The third kappa shape index (κ3) is 5.84. The molecule has 2 N–H and O–H groups in total. The van der Waals surface area contributed by atoms with Gasteiger partial charge in [0.25, 0.3) is 11.5 Å². The molecular formula is C20H22F5N7O3. The predicted molar refractivity (Wildman–Crippen MR) is 115 cm³/mol. The quantitative estimate of drug-likeness (QED) is 0.621. The summed E-state index contributed by atoms with van der Waals surface area (Å²) in [4.78, 5) is 45.7. The maximum atomic E-state index is 15.0. The molecule has 15 heteroatoms. The van der Waals surface area contributed by atoms with Crippen LogP contribution in [0.25, 0.3) is 0 Å². The molecule has 0 bridgehead atoms. The van der Waals surface area contributed by atoms with Crippen LogP contribution in [0.2, 0.25) is 0 Å². The van der Waals surface area contributed by atoms with E-state index in [2.05, 4.69) is 15.3 Å². The maximum Gasteiger partial charge on any atom is 0.417 e. The largest absolute Gasteiger partial charge is 0.417 e. The fourth-order valence-electron chi connectivity index (χ4n) is 3.63. The first-order chi connectivity index (χ1) is 16.2. The molecule has 3 amide bonds. The highest BCUT2D eigenvalue weighted by Gasteiger charge is 2.48. The number of pyridine rings is 1. The van der Waals surface area contributed by atoms with E-state index in [1.165, 1.54) is 24.2 Å². The zero-order valence-electron chi connectivity index (χ0n) is 18.9. The first-order valence-electron chi connectivity index (χ1n) is 10.2. The van der Waals surface area contributed by atoms with Crippen molar-refractivity contribution in [3.05, 3.63) is 40.6 Å². The molecule has 0 aliphatic carbocycles. The molecule has 3 rings (SSSR count). The SMILES string of the molecule is CC(=O)Nc1cnc(N2CCC(N(C)C(=O)Nc3cc(C(F)(F)F)cn(C)c3=O)C(F)(F)C2)cn1. The van der Waals surface area contributed by atoms with Gasteiger partial charge in [0.1, 0.15) is 17.5 Å². The summed E-state index contributed by atoms with van der Waals surface area (Å²) in [6.45, 7) is 0.532. The van der Waals surface area contributed by atoms with E-state index in [0.717, 1.165) is 14.1 Å². The Morgan fingerprint density at radius 1 is 1.20 bits per heavy atom. The maximum absolute atomic E-state index is 15.0. The monoisotopic (exact) mass is 503 g/mol. The van der Waals surface area contributed by atoms with Gasteiger partial charge in [-0.15, -0.1) is 0 Å². The van der Waals surface area contributed by atoms with Crippen molar-refractivity contribution >= 4 is 29.3 Å². The van der Waals surface area contributed by atoms with E-state index in [4.69, 9.17) is 0 Å². The molecule has 2 aromatic heterocycles. The normalized spacial score (nSPS) is 17.6. The number of piperidine rings is 1. The molecule has 0 spiro atoms. The highest BCUT2D eigenvalue weighted by Crippen LogP contribution is 2.33. The lowest BCUT2D eigenvalue weighted by Crippen LogP contribution is -2.59. The number of aromatic nitrogens is 3. The summed E-state index contributed by atoms with van der Waals surface area (Å²) in [7, 11) is 2.15. The van der Waals surface area contributed by atoms with E-state index >= 15 is 0 Å². The van der Waals surface area contributed by atoms with Crippen molar-refractivity contribution in [1.29, 1.82) is 0 Å². The lowest BCUT2D eigenvalue weighted by atomic mass is 9.99. The van der Waals surface area contributed by atoms with Crippen molar-refractivity contribution in [2.45, 2.75) is 31.5 Å². The Labute approximate surface area is 195 Å². The standard InChI is InChI=1S/C20H22F5N7O3/c1-11(33)28-15-7-27-16(8-26-15)32-5-4-14(19(21,22)10-32)31(3)18(35)29-13-6-12(20(23,24)25)9-30(2)17(13)34/h6-9,14H,4-5,10H2,1-3H3,(H,29,35)(H,26,28,33). The smallest absolute Gasteiger partial charge is 0.349 e. The van der Waals surface area contributed by atoms with Crippen LogP contribution in [0.1, 0.15) is 18.9 Å². The third-order valence-electron chi connectivity index (χ3n) is 5.37. The Kier molecular flexibility index (Phi) is 6.98. The highest BCUT2D eigenvalue weighted by molar-refractivity contribution is 5.89. The number of nitrogens with zero attached hydrogens (tertiary/aromatic N) is 5. The third-order valence-corrected chi connectivity index (χ3v) is 5.37. The van der Waals surface area contributed by atoms with Gasteiger partial charge in [0, 0.05) is 33.8 Å². The van der Waals surface area contributed by atoms with Crippen LogP contribution in [0, 0.1) is 0 Å².